The Balaban J connectivity index is 1.08. The van der Waals surface area contributed by atoms with Crippen LogP contribution in [0.5, 0.6) is 0 Å². The highest BCUT2D eigenvalue weighted by molar-refractivity contribution is 5.97. The second-order valence-corrected chi connectivity index (χ2v) is 11.3. The quantitative estimate of drug-likeness (QED) is 0.358. The Hall–Kier alpha value is -4.21. The first-order valence-electron chi connectivity index (χ1n) is 15.1. The number of ether oxygens (including phenoxy) is 1. The van der Waals surface area contributed by atoms with E-state index in [1.807, 2.05) is 79.8 Å². The fourth-order valence-corrected chi connectivity index (χ4v) is 5.83. The Morgan fingerprint density at radius 3 is 2.30 bits per heavy atom. The fourth-order valence-electron chi connectivity index (χ4n) is 5.83. The summed E-state index contributed by atoms with van der Waals surface area (Å²) in [4.78, 5) is 42.4. The fraction of sp³-hybridized carbons (Fsp3) is 0.382. The maximum absolute atomic E-state index is 13.2. The van der Waals surface area contributed by atoms with E-state index < -0.39 is 6.09 Å². The molecule has 9 heteroatoms. The highest BCUT2D eigenvalue weighted by Crippen LogP contribution is 2.28. The number of likely N-dealkylation sites (tertiary alicyclic amines) is 1. The van der Waals surface area contributed by atoms with Gasteiger partial charge in [-0.05, 0) is 55.5 Å². The molecule has 3 amide bonds. The predicted octanol–water partition coefficient (Wildman–Crippen LogP) is 5.50. The standard InChI is InChI=1S/C34H41N5O4/c1-26(40)39(38-19-8-9-20-38)29-14-10-13-28(25-29)33(41)36(2)23-24-37-21-17-30(18-22-37)43-34(42)35-32-16-7-6-15-31(32)27-11-4-3-5-12-27/h3-7,10-16,25,30H,8-9,17-24H2,1-2H3,(H,35,42). The topological polar surface area (TPSA) is 85.4 Å². The smallest absolute Gasteiger partial charge is 0.411 e. The van der Waals surface area contributed by atoms with Crippen LogP contribution in [0.4, 0.5) is 16.2 Å². The maximum Gasteiger partial charge on any atom is 0.411 e. The third-order valence-electron chi connectivity index (χ3n) is 8.16. The highest BCUT2D eigenvalue weighted by Gasteiger charge is 2.26. The van der Waals surface area contributed by atoms with Gasteiger partial charge in [0.05, 0.1) is 11.4 Å². The first-order valence-corrected chi connectivity index (χ1v) is 15.1. The second-order valence-electron chi connectivity index (χ2n) is 11.3. The van der Waals surface area contributed by atoms with Gasteiger partial charge in [0, 0.05) is 64.4 Å². The van der Waals surface area contributed by atoms with Crippen molar-refractivity contribution < 1.29 is 19.1 Å². The molecule has 9 nitrogen and oxygen atoms in total. The van der Waals surface area contributed by atoms with E-state index >= 15 is 0 Å². The van der Waals surface area contributed by atoms with Gasteiger partial charge in [-0.1, -0.05) is 54.6 Å². The summed E-state index contributed by atoms with van der Waals surface area (Å²) in [6.45, 7) is 6.13. The van der Waals surface area contributed by atoms with Crippen molar-refractivity contribution in [2.24, 2.45) is 0 Å². The number of amides is 3. The normalized spacial score (nSPS) is 16.0. The molecule has 1 N–H and O–H groups in total. The Bertz CT molecular complexity index is 1400. The molecule has 226 valence electrons. The minimum atomic E-state index is -0.442. The van der Waals surface area contributed by atoms with Crippen molar-refractivity contribution in [2.45, 2.75) is 38.7 Å². The van der Waals surface area contributed by atoms with Crippen LogP contribution in [0.25, 0.3) is 11.1 Å². The van der Waals surface area contributed by atoms with E-state index in [9.17, 15) is 14.4 Å². The molecular formula is C34H41N5O4. The Morgan fingerprint density at radius 2 is 1.58 bits per heavy atom. The first-order chi connectivity index (χ1) is 20.9. The van der Waals surface area contributed by atoms with Gasteiger partial charge < -0.3 is 14.5 Å². The summed E-state index contributed by atoms with van der Waals surface area (Å²) in [6, 6.07) is 25.0. The van der Waals surface area contributed by atoms with Crippen molar-refractivity contribution in [1.82, 2.24) is 14.8 Å². The molecule has 2 aliphatic rings. The number of benzene rings is 3. The second kappa shape index (κ2) is 14.3. The number of likely N-dealkylation sites (N-methyl/N-ethyl adjacent to an activating group) is 1. The number of hydrogen-bond donors (Lipinski definition) is 1. The lowest BCUT2D eigenvalue weighted by molar-refractivity contribution is -0.119. The molecule has 2 heterocycles. The molecule has 3 aromatic carbocycles. The van der Waals surface area contributed by atoms with Crippen LogP contribution in [0.1, 0.15) is 43.0 Å². The molecular weight excluding hydrogens is 542 g/mol. The lowest BCUT2D eigenvalue weighted by Gasteiger charge is -2.33. The Morgan fingerprint density at radius 1 is 0.884 bits per heavy atom. The minimum absolute atomic E-state index is 0.0540. The number of rotatable bonds is 9. The van der Waals surface area contributed by atoms with Gasteiger partial charge in [-0.3, -0.25) is 14.9 Å². The monoisotopic (exact) mass is 583 g/mol. The van der Waals surface area contributed by atoms with E-state index in [2.05, 4.69) is 15.2 Å². The van der Waals surface area contributed by atoms with Crippen molar-refractivity contribution in [3.8, 4) is 11.1 Å². The molecule has 0 spiro atoms. The summed E-state index contributed by atoms with van der Waals surface area (Å²) in [6.07, 6.45) is 3.01. The zero-order valence-electron chi connectivity index (χ0n) is 25.1. The van der Waals surface area contributed by atoms with Gasteiger partial charge in [0.1, 0.15) is 6.10 Å². The van der Waals surface area contributed by atoms with E-state index in [-0.39, 0.29) is 17.9 Å². The molecule has 0 aliphatic carbocycles. The van der Waals surface area contributed by atoms with Crippen LogP contribution in [0.15, 0.2) is 78.9 Å². The van der Waals surface area contributed by atoms with Gasteiger partial charge in [-0.15, -0.1) is 0 Å². The molecule has 3 aromatic rings. The average Bonchev–Trinajstić information content (AvgIpc) is 3.55. The zero-order valence-corrected chi connectivity index (χ0v) is 25.1. The van der Waals surface area contributed by atoms with E-state index in [0.29, 0.717) is 12.1 Å². The molecule has 2 fully saturated rings. The highest BCUT2D eigenvalue weighted by atomic mass is 16.6. The van der Waals surface area contributed by atoms with Crippen LogP contribution in [0.2, 0.25) is 0 Å². The number of carbonyl (C=O) groups is 3. The number of carbonyl (C=O) groups excluding carboxylic acids is 3. The number of nitrogens with zero attached hydrogens (tertiary/aromatic N) is 4. The summed E-state index contributed by atoms with van der Waals surface area (Å²) in [5.74, 6) is -0.126. The van der Waals surface area contributed by atoms with Crippen molar-refractivity contribution in [3.05, 3.63) is 84.4 Å². The Kier molecular flexibility index (Phi) is 10.1. The lowest BCUT2D eigenvalue weighted by atomic mass is 10.0. The third kappa shape index (κ3) is 7.80. The zero-order chi connectivity index (χ0) is 30.2. The van der Waals surface area contributed by atoms with E-state index in [1.165, 1.54) is 0 Å². The third-order valence-corrected chi connectivity index (χ3v) is 8.16. The lowest BCUT2D eigenvalue weighted by Crippen LogP contribution is -2.44. The molecule has 5 rings (SSSR count). The Labute approximate surface area is 254 Å². The number of anilines is 2. The summed E-state index contributed by atoms with van der Waals surface area (Å²) in [5.41, 5.74) is 3.99. The molecule has 0 unspecified atom stereocenters. The van der Waals surface area contributed by atoms with Crippen LogP contribution >= 0.6 is 0 Å². The van der Waals surface area contributed by atoms with Crippen molar-refractivity contribution >= 4 is 29.3 Å². The molecule has 0 bridgehead atoms. The number of piperidine rings is 1. The van der Waals surface area contributed by atoms with Gasteiger partial charge >= 0.3 is 6.09 Å². The van der Waals surface area contributed by atoms with Gasteiger partial charge in [0.2, 0.25) is 5.91 Å². The number of nitrogens with one attached hydrogen (secondary N) is 1. The molecule has 2 aliphatic heterocycles. The average molecular weight is 584 g/mol. The van der Waals surface area contributed by atoms with Crippen LogP contribution < -0.4 is 10.3 Å². The van der Waals surface area contributed by atoms with Crippen LogP contribution in [0, 0.1) is 0 Å². The van der Waals surface area contributed by atoms with Crippen LogP contribution in [0.3, 0.4) is 0 Å². The molecule has 2 saturated heterocycles. The van der Waals surface area contributed by atoms with Crippen molar-refractivity contribution in [1.29, 1.82) is 0 Å². The minimum Gasteiger partial charge on any atom is -0.446 e. The van der Waals surface area contributed by atoms with E-state index in [0.717, 1.165) is 80.9 Å². The SMILES string of the molecule is CC(=O)N(c1cccc(C(=O)N(C)CCN2CCC(OC(=O)Nc3ccccc3-c3ccccc3)CC2)c1)N1CCCC1. The summed E-state index contributed by atoms with van der Waals surface area (Å²) >= 11 is 0. The largest absolute Gasteiger partial charge is 0.446 e. The van der Waals surface area contributed by atoms with Gasteiger partial charge in [-0.25, -0.2) is 14.8 Å². The van der Waals surface area contributed by atoms with E-state index in [1.54, 1.807) is 22.9 Å². The van der Waals surface area contributed by atoms with Gasteiger partial charge in [-0.2, -0.15) is 0 Å². The molecule has 0 saturated carbocycles. The van der Waals surface area contributed by atoms with E-state index in [4.69, 9.17) is 4.74 Å². The summed E-state index contributed by atoms with van der Waals surface area (Å²) in [5, 5.41) is 6.67. The van der Waals surface area contributed by atoms with Crippen LogP contribution in [-0.4, -0.2) is 85.1 Å². The molecule has 0 radical (unpaired) electrons. The predicted molar refractivity (Wildman–Crippen MR) is 169 cm³/mol. The van der Waals surface area contributed by atoms with Gasteiger partial charge in [0.15, 0.2) is 0 Å². The first kappa shape index (κ1) is 30.3. The molecule has 43 heavy (non-hydrogen) atoms. The number of hydrogen-bond acceptors (Lipinski definition) is 6. The van der Waals surface area contributed by atoms with Crippen molar-refractivity contribution in [3.63, 3.8) is 0 Å². The summed E-state index contributed by atoms with van der Waals surface area (Å²) < 4.78 is 5.77. The van der Waals surface area contributed by atoms with Crippen LogP contribution in [-0.2, 0) is 9.53 Å². The number of hydrazine groups is 1. The maximum atomic E-state index is 13.2. The van der Waals surface area contributed by atoms with Gasteiger partial charge in [0.25, 0.3) is 5.91 Å². The summed E-state index contributed by atoms with van der Waals surface area (Å²) in [7, 11) is 1.81. The molecule has 0 aromatic heterocycles. The number of para-hydroxylation sites is 1. The van der Waals surface area contributed by atoms with Crippen molar-refractivity contribution in [2.75, 3.05) is 56.6 Å². The molecule has 0 atom stereocenters.